The highest BCUT2D eigenvalue weighted by atomic mass is 16.6. The van der Waals surface area contributed by atoms with Crippen molar-refractivity contribution in [2.24, 2.45) is 0 Å². The molecule has 0 radical (unpaired) electrons. The van der Waals surface area contributed by atoms with Crippen molar-refractivity contribution < 1.29 is 14.3 Å². The number of aromatic nitrogens is 2. The number of hydrogen-bond acceptors (Lipinski definition) is 4. The van der Waals surface area contributed by atoms with Crippen LogP contribution in [0, 0.1) is 0 Å². The zero-order valence-corrected chi connectivity index (χ0v) is 14.6. The third-order valence-corrected chi connectivity index (χ3v) is 5.12. The number of carbonyl (C=O) groups is 2. The van der Waals surface area contributed by atoms with Crippen LogP contribution in [0.15, 0.2) is 42.7 Å². The average Bonchev–Trinajstić information content (AvgIpc) is 3.19. The molecule has 2 aromatic rings. The second-order valence-corrected chi connectivity index (χ2v) is 6.98. The van der Waals surface area contributed by atoms with E-state index in [1.54, 1.807) is 17.1 Å². The summed E-state index contributed by atoms with van der Waals surface area (Å²) in [5, 5.41) is 7.05. The summed E-state index contributed by atoms with van der Waals surface area (Å²) in [5.41, 5.74) is 1.28. The Balaban J connectivity index is 1.41. The summed E-state index contributed by atoms with van der Waals surface area (Å²) in [5.74, 6) is -0.0151. The van der Waals surface area contributed by atoms with Gasteiger partial charge in [0.05, 0.1) is 24.8 Å². The van der Waals surface area contributed by atoms with Gasteiger partial charge in [0.2, 0.25) is 0 Å². The maximum atomic E-state index is 12.8. The first-order chi connectivity index (χ1) is 12.6. The fourth-order valence-electron chi connectivity index (χ4n) is 3.67. The second-order valence-electron chi connectivity index (χ2n) is 6.98. The minimum Gasteiger partial charge on any atom is -0.441 e. The van der Waals surface area contributed by atoms with Gasteiger partial charge in [0, 0.05) is 25.7 Å². The van der Waals surface area contributed by atoms with E-state index < -0.39 is 5.60 Å². The van der Waals surface area contributed by atoms with Crippen molar-refractivity contribution in [1.29, 1.82) is 0 Å². The molecule has 1 aromatic carbocycles. The normalized spacial score (nSPS) is 22.8. The molecular weight excluding hydrogens is 332 g/mol. The lowest BCUT2D eigenvalue weighted by Gasteiger charge is -2.24. The Labute approximate surface area is 151 Å². The number of nitrogens with zero attached hydrogens (tertiary/aromatic N) is 3. The minimum absolute atomic E-state index is 0.0151. The first-order valence-corrected chi connectivity index (χ1v) is 8.96. The topological polar surface area (TPSA) is 76.5 Å². The van der Waals surface area contributed by atoms with E-state index >= 15 is 0 Å². The largest absolute Gasteiger partial charge is 0.441 e. The maximum absolute atomic E-state index is 12.8. The lowest BCUT2D eigenvalue weighted by Crippen LogP contribution is -2.36. The van der Waals surface area contributed by atoms with Gasteiger partial charge in [0.1, 0.15) is 5.60 Å². The fraction of sp³-hybridized carbons (Fsp3) is 0.421. The highest BCUT2D eigenvalue weighted by Gasteiger charge is 2.41. The van der Waals surface area contributed by atoms with E-state index in [1.807, 2.05) is 35.2 Å². The lowest BCUT2D eigenvalue weighted by molar-refractivity contribution is 0.0438. The van der Waals surface area contributed by atoms with Crippen LogP contribution in [-0.4, -0.2) is 51.9 Å². The van der Waals surface area contributed by atoms with Crippen LogP contribution in [0.2, 0.25) is 0 Å². The number of nitrogens with one attached hydrogen (secondary N) is 1. The number of benzene rings is 1. The van der Waals surface area contributed by atoms with E-state index in [-0.39, 0.29) is 12.0 Å². The summed E-state index contributed by atoms with van der Waals surface area (Å²) in [6, 6.07) is 10.0. The number of carbonyl (C=O) groups excluding carboxylic acids is 2. The summed E-state index contributed by atoms with van der Waals surface area (Å²) in [6.45, 7) is 2.42. The average molecular weight is 354 g/mol. The van der Waals surface area contributed by atoms with E-state index in [0.29, 0.717) is 38.2 Å². The third kappa shape index (κ3) is 3.42. The van der Waals surface area contributed by atoms with E-state index in [4.69, 9.17) is 4.74 Å². The van der Waals surface area contributed by atoms with E-state index in [1.165, 1.54) is 0 Å². The summed E-state index contributed by atoms with van der Waals surface area (Å²) in [6.07, 6.45) is 5.33. The van der Waals surface area contributed by atoms with Crippen molar-refractivity contribution in [3.8, 4) is 0 Å². The SMILES string of the molecule is O=C1NC[C@@]2(CCCN(C(=O)c3cnn(Cc4ccccc4)c3)CC2)O1. The van der Waals surface area contributed by atoms with Crippen LogP contribution in [0.25, 0.3) is 0 Å². The molecule has 136 valence electrons. The first-order valence-electron chi connectivity index (χ1n) is 8.96. The molecule has 1 atom stereocenters. The summed E-state index contributed by atoms with van der Waals surface area (Å²) in [4.78, 5) is 26.1. The lowest BCUT2D eigenvalue weighted by atomic mass is 9.95. The smallest absolute Gasteiger partial charge is 0.407 e. The molecule has 0 bridgehead atoms. The Morgan fingerprint density at radius 2 is 2.08 bits per heavy atom. The highest BCUT2D eigenvalue weighted by molar-refractivity contribution is 5.93. The summed E-state index contributed by atoms with van der Waals surface area (Å²) < 4.78 is 7.25. The molecule has 4 rings (SSSR count). The molecule has 0 saturated carbocycles. The first kappa shape index (κ1) is 16.6. The number of amides is 2. The third-order valence-electron chi connectivity index (χ3n) is 5.12. The molecule has 0 unspecified atom stereocenters. The molecule has 7 nitrogen and oxygen atoms in total. The monoisotopic (exact) mass is 354 g/mol. The van der Waals surface area contributed by atoms with Crippen molar-refractivity contribution in [2.45, 2.75) is 31.4 Å². The van der Waals surface area contributed by atoms with Gasteiger partial charge >= 0.3 is 6.09 Å². The highest BCUT2D eigenvalue weighted by Crippen LogP contribution is 2.29. The zero-order valence-electron chi connectivity index (χ0n) is 14.6. The Morgan fingerprint density at radius 1 is 1.23 bits per heavy atom. The molecule has 7 heteroatoms. The van der Waals surface area contributed by atoms with Crippen LogP contribution in [-0.2, 0) is 11.3 Å². The van der Waals surface area contributed by atoms with Crippen molar-refractivity contribution in [1.82, 2.24) is 20.0 Å². The molecule has 1 N–H and O–H groups in total. The van der Waals surface area contributed by atoms with Gasteiger partial charge in [-0.25, -0.2) is 4.79 Å². The Morgan fingerprint density at radius 3 is 2.85 bits per heavy atom. The van der Waals surface area contributed by atoms with Crippen LogP contribution in [0.5, 0.6) is 0 Å². The van der Waals surface area contributed by atoms with E-state index in [0.717, 1.165) is 18.4 Å². The van der Waals surface area contributed by atoms with Crippen LogP contribution in [0.4, 0.5) is 4.79 Å². The van der Waals surface area contributed by atoms with Crippen molar-refractivity contribution >= 4 is 12.0 Å². The predicted octanol–water partition coefficient (Wildman–Crippen LogP) is 2.04. The number of rotatable bonds is 3. The number of likely N-dealkylation sites (tertiary alicyclic amines) is 1. The number of alkyl carbamates (subject to hydrolysis) is 1. The van der Waals surface area contributed by atoms with Crippen molar-refractivity contribution in [3.05, 3.63) is 53.9 Å². The van der Waals surface area contributed by atoms with Crippen LogP contribution < -0.4 is 5.32 Å². The van der Waals surface area contributed by atoms with Gasteiger partial charge < -0.3 is 15.0 Å². The molecule has 2 saturated heterocycles. The molecule has 1 aromatic heterocycles. The zero-order chi connectivity index (χ0) is 18.0. The number of ether oxygens (including phenoxy) is 1. The Bertz CT molecular complexity index is 804. The van der Waals surface area contributed by atoms with Gasteiger partial charge in [-0.3, -0.25) is 9.48 Å². The van der Waals surface area contributed by atoms with Gasteiger partial charge in [-0.2, -0.15) is 5.10 Å². The van der Waals surface area contributed by atoms with Gasteiger partial charge in [-0.1, -0.05) is 30.3 Å². The second kappa shape index (κ2) is 6.82. The maximum Gasteiger partial charge on any atom is 0.407 e. The van der Waals surface area contributed by atoms with Crippen molar-refractivity contribution in [3.63, 3.8) is 0 Å². The van der Waals surface area contributed by atoms with Crippen LogP contribution in [0.1, 0.15) is 35.2 Å². The molecular formula is C19H22N4O3. The van der Waals surface area contributed by atoms with Gasteiger partial charge in [-0.05, 0) is 18.4 Å². The fourth-order valence-corrected chi connectivity index (χ4v) is 3.67. The van der Waals surface area contributed by atoms with Gasteiger partial charge in [0.25, 0.3) is 5.91 Å². The van der Waals surface area contributed by atoms with Gasteiger partial charge in [0.15, 0.2) is 0 Å². The molecule has 2 aliphatic rings. The van der Waals surface area contributed by atoms with E-state index in [9.17, 15) is 9.59 Å². The van der Waals surface area contributed by atoms with Crippen LogP contribution in [0.3, 0.4) is 0 Å². The quantitative estimate of drug-likeness (QED) is 0.915. The predicted molar refractivity (Wildman–Crippen MR) is 94.7 cm³/mol. The Kier molecular flexibility index (Phi) is 4.36. The summed E-state index contributed by atoms with van der Waals surface area (Å²) >= 11 is 0. The van der Waals surface area contributed by atoms with Gasteiger partial charge in [-0.15, -0.1) is 0 Å². The molecule has 26 heavy (non-hydrogen) atoms. The molecule has 0 aliphatic carbocycles. The standard InChI is InChI=1S/C19H22N4O3/c24-17(16-11-21-23(13-16)12-15-5-2-1-3-6-15)22-9-4-7-19(8-10-22)14-20-18(25)26-19/h1-3,5-6,11,13H,4,7-10,12,14H2,(H,20,25)/t19-/m0/s1. The molecule has 2 amide bonds. The molecule has 2 aliphatic heterocycles. The minimum atomic E-state index is -0.455. The van der Waals surface area contributed by atoms with Crippen molar-refractivity contribution in [2.75, 3.05) is 19.6 Å². The van der Waals surface area contributed by atoms with Crippen LogP contribution >= 0.6 is 0 Å². The summed E-state index contributed by atoms with van der Waals surface area (Å²) in [7, 11) is 0. The molecule has 1 spiro atoms. The number of hydrogen-bond donors (Lipinski definition) is 1. The van der Waals surface area contributed by atoms with E-state index in [2.05, 4.69) is 10.4 Å². The Hall–Kier alpha value is -2.83. The molecule has 3 heterocycles. The molecule has 2 fully saturated rings.